The number of carbonyl (C=O) groups excluding carboxylic acids is 1. The van der Waals surface area contributed by atoms with E-state index in [0.717, 1.165) is 30.5 Å². The van der Waals surface area contributed by atoms with Crippen molar-refractivity contribution in [2.45, 2.75) is 19.3 Å². The molecule has 1 aliphatic carbocycles. The van der Waals surface area contributed by atoms with Gasteiger partial charge >= 0.3 is 5.97 Å². The number of carbonyl (C=O) groups is 1. The number of methoxy groups -OCH3 is 1. The van der Waals surface area contributed by atoms with E-state index >= 15 is 0 Å². The van der Waals surface area contributed by atoms with Crippen molar-refractivity contribution in [3.63, 3.8) is 0 Å². The first kappa shape index (κ1) is 7.34. The minimum absolute atomic E-state index is 0.339. The van der Waals surface area contributed by atoms with Crippen molar-refractivity contribution in [2.75, 3.05) is 7.11 Å². The first-order valence-electron chi connectivity index (χ1n) is 3.97. The average Bonchev–Trinajstić information content (AvgIpc) is 2.62. The van der Waals surface area contributed by atoms with Crippen LogP contribution in [0, 0.1) is 0 Å². The largest absolute Gasteiger partial charge is 0.464 e. The molecule has 1 aliphatic rings. The van der Waals surface area contributed by atoms with Gasteiger partial charge in [-0.2, -0.15) is 5.10 Å². The van der Waals surface area contributed by atoms with E-state index in [0.29, 0.717) is 5.69 Å². The van der Waals surface area contributed by atoms with Crippen molar-refractivity contribution in [3.05, 3.63) is 17.0 Å². The molecule has 1 heterocycles. The van der Waals surface area contributed by atoms with Crippen LogP contribution in [0.4, 0.5) is 0 Å². The number of H-pyrrole nitrogens is 1. The van der Waals surface area contributed by atoms with E-state index < -0.39 is 0 Å². The zero-order valence-corrected chi connectivity index (χ0v) is 6.89. The maximum Gasteiger partial charge on any atom is 0.358 e. The van der Waals surface area contributed by atoms with Crippen LogP contribution in [0.1, 0.15) is 28.2 Å². The predicted octanol–water partition coefficient (Wildman–Crippen LogP) is 0.685. The van der Waals surface area contributed by atoms with Crippen molar-refractivity contribution in [2.24, 2.45) is 0 Å². The molecule has 0 amide bonds. The van der Waals surface area contributed by atoms with Gasteiger partial charge in [0.2, 0.25) is 0 Å². The summed E-state index contributed by atoms with van der Waals surface area (Å²) < 4.78 is 4.60. The fourth-order valence-corrected chi connectivity index (χ4v) is 1.58. The maximum atomic E-state index is 11.1. The predicted molar refractivity (Wildman–Crippen MR) is 42.0 cm³/mol. The number of nitrogens with one attached hydrogen (secondary N) is 1. The first-order valence-corrected chi connectivity index (χ1v) is 3.97. The molecular formula is C8H10N2O2. The molecule has 12 heavy (non-hydrogen) atoms. The highest BCUT2D eigenvalue weighted by Crippen LogP contribution is 2.22. The molecule has 0 radical (unpaired) electrons. The summed E-state index contributed by atoms with van der Waals surface area (Å²) in [5, 5.41) is 6.76. The highest BCUT2D eigenvalue weighted by atomic mass is 16.5. The molecule has 4 heteroatoms. The SMILES string of the molecule is COC(=O)c1n[nH]c2c1CCC2. The summed E-state index contributed by atoms with van der Waals surface area (Å²) >= 11 is 0. The summed E-state index contributed by atoms with van der Waals surface area (Å²) in [6.45, 7) is 0. The van der Waals surface area contributed by atoms with Crippen molar-refractivity contribution >= 4 is 5.97 Å². The molecule has 0 saturated carbocycles. The Morgan fingerprint density at radius 1 is 1.58 bits per heavy atom. The van der Waals surface area contributed by atoms with Gasteiger partial charge in [0.05, 0.1) is 7.11 Å². The monoisotopic (exact) mass is 166 g/mol. The Balaban J connectivity index is 2.39. The second-order valence-corrected chi connectivity index (χ2v) is 2.87. The van der Waals surface area contributed by atoms with Crippen LogP contribution in [-0.4, -0.2) is 23.3 Å². The summed E-state index contributed by atoms with van der Waals surface area (Å²) in [6.07, 6.45) is 3.04. The van der Waals surface area contributed by atoms with E-state index in [2.05, 4.69) is 14.9 Å². The van der Waals surface area contributed by atoms with E-state index in [9.17, 15) is 4.79 Å². The van der Waals surface area contributed by atoms with Crippen LogP contribution in [0.25, 0.3) is 0 Å². The van der Waals surface area contributed by atoms with Crippen LogP contribution in [-0.2, 0) is 17.6 Å². The molecule has 64 valence electrons. The van der Waals surface area contributed by atoms with Crippen LogP contribution in [0.15, 0.2) is 0 Å². The topological polar surface area (TPSA) is 55.0 Å². The van der Waals surface area contributed by atoms with Crippen molar-refractivity contribution in [1.82, 2.24) is 10.2 Å². The molecule has 0 unspecified atom stereocenters. The normalized spacial score (nSPS) is 14.4. The van der Waals surface area contributed by atoms with Gasteiger partial charge < -0.3 is 4.74 Å². The summed E-state index contributed by atoms with van der Waals surface area (Å²) in [6, 6.07) is 0. The van der Waals surface area contributed by atoms with Gasteiger partial charge in [-0.1, -0.05) is 0 Å². The Morgan fingerprint density at radius 2 is 2.42 bits per heavy atom. The Labute approximate surface area is 69.9 Å². The molecular weight excluding hydrogens is 156 g/mol. The quantitative estimate of drug-likeness (QED) is 0.624. The third-order valence-electron chi connectivity index (χ3n) is 2.19. The molecule has 0 fully saturated rings. The second-order valence-electron chi connectivity index (χ2n) is 2.87. The summed E-state index contributed by atoms with van der Waals surface area (Å²) in [5.41, 5.74) is 2.60. The van der Waals surface area contributed by atoms with Gasteiger partial charge in [0.25, 0.3) is 0 Å². The van der Waals surface area contributed by atoms with Crippen molar-refractivity contribution in [1.29, 1.82) is 0 Å². The number of aromatic nitrogens is 2. The molecule has 2 rings (SSSR count). The van der Waals surface area contributed by atoms with Gasteiger partial charge in [0.15, 0.2) is 5.69 Å². The lowest BCUT2D eigenvalue weighted by Crippen LogP contribution is -2.04. The molecule has 0 saturated heterocycles. The number of nitrogens with zero attached hydrogens (tertiary/aromatic N) is 1. The van der Waals surface area contributed by atoms with Gasteiger partial charge in [0.1, 0.15) is 0 Å². The average molecular weight is 166 g/mol. The molecule has 0 bridgehead atoms. The Bertz CT molecular complexity index is 317. The van der Waals surface area contributed by atoms with Crippen LogP contribution < -0.4 is 0 Å². The zero-order valence-electron chi connectivity index (χ0n) is 6.89. The lowest BCUT2D eigenvalue weighted by atomic mass is 10.2. The summed E-state index contributed by atoms with van der Waals surface area (Å²) in [4.78, 5) is 11.1. The van der Waals surface area contributed by atoms with E-state index in [1.54, 1.807) is 0 Å². The number of ether oxygens (including phenoxy) is 1. The molecule has 1 aromatic heterocycles. The van der Waals surface area contributed by atoms with Crippen LogP contribution >= 0.6 is 0 Å². The maximum absolute atomic E-state index is 11.1. The number of hydrogen-bond acceptors (Lipinski definition) is 3. The number of rotatable bonds is 1. The Kier molecular flexibility index (Phi) is 1.60. The molecule has 4 nitrogen and oxygen atoms in total. The highest BCUT2D eigenvalue weighted by molar-refractivity contribution is 5.89. The number of hydrogen-bond donors (Lipinski definition) is 1. The van der Waals surface area contributed by atoms with E-state index in [1.807, 2.05) is 0 Å². The van der Waals surface area contributed by atoms with Gasteiger partial charge in [-0.3, -0.25) is 5.10 Å². The number of aryl methyl sites for hydroxylation is 1. The van der Waals surface area contributed by atoms with Crippen LogP contribution in [0.5, 0.6) is 0 Å². The molecule has 0 aromatic carbocycles. The standard InChI is InChI=1S/C8H10N2O2/c1-12-8(11)7-5-3-2-4-6(5)9-10-7/h2-4H2,1H3,(H,9,10). The third kappa shape index (κ3) is 0.913. The van der Waals surface area contributed by atoms with Crippen LogP contribution in [0.3, 0.4) is 0 Å². The molecule has 0 aliphatic heterocycles. The van der Waals surface area contributed by atoms with Gasteiger partial charge in [-0.15, -0.1) is 0 Å². The Morgan fingerprint density at radius 3 is 3.17 bits per heavy atom. The number of esters is 1. The van der Waals surface area contributed by atoms with Crippen molar-refractivity contribution < 1.29 is 9.53 Å². The highest BCUT2D eigenvalue weighted by Gasteiger charge is 2.22. The van der Waals surface area contributed by atoms with E-state index in [4.69, 9.17) is 0 Å². The lowest BCUT2D eigenvalue weighted by molar-refractivity contribution is 0.0593. The van der Waals surface area contributed by atoms with E-state index in [1.165, 1.54) is 7.11 Å². The molecule has 1 N–H and O–H groups in total. The molecule has 1 aromatic rings. The lowest BCUT2D eigenvalue weighted by Gasteiger charge is -1.95. The number of fused-ring (bicyclic) bond motifs is 1. The van der Waals surface area contributed by atoms with Crippen molar-refractivity contribution in [3.8, 4) is 0 Å². The fraction of sp³-hybridized carbons (Fsp3) is 0.500. The second kappa shape index (κ2) is 2.62. The van der Waals surface area contributed by atoms with E-state index in [-0.39, 0.29) is 5.97 Å². The van der Waals surface area contributed by atoms with Gasteiger partial charge in [-0.05, 0) is 19.3 Å². The minimum Gasteiger partial charge on any atom is -0.464 e. The first-order chi connectivity index (χ1) is 5.83. The Hall–Kier alpha value is -1.32. The van der Waals surface area contributed by atoms with Gasteiger partial charge in [-0.25, -0.2) is 4.79 Å². The summed E-state index contributed by atoms with van der Waals surface area (Å²) in [7, 11) is 1.37. The zero-order chi connectivity index (χ0) is 8.55. The third-order valence-corrected chi connectivity index (χ3v) is 2.19. The summed E-state index contributed by atoms with van der Waals surface area (Å²) in [5.74, 6) is -0.339. The molecule has 0 spiro atoms. The fourth-order valence-electron chi connectivity index (χ4n) is 1.58. The minimum atomic E-state index is -0.339. The van der Waals surface area contributed by atoms with Gasteiger partial charge in [0, 0.05) is 11.3 Å². The number of aromatic amines is 1. The smallest absolute Gasteiger partial charge is 0.358 e. The van der Waals surface area contributed by atoms with Crippen LogP contribution in [0.2, 0.25) is 0 Å². The molecule has 0 atom stereocenters.